The number of halogens is 1. The zero-order valence-electron chi connectivity index (χ0n) is 19.7. The van der Waals surface area contributed by atoms with Crippen LogP contribution < -0.4 is 0 Å². The molecule has 0 heterocycles. The van der Waals surface area contributed by atoms with Crippen molar-refractivity contribution in [2.45, 2.75) is 110 Å². The Labute approximate surface area is 185 Å². The molecule has 3 aliphatic carbocycles. The zero-order chi connectivity index (χ0) is 20.9. The minimum absolute atomic E-state index is 0.0649. The maximum atomic E-state index is 14.8. The van der Waals surface area contributed by atoms with Crippen molar-refractivity contribution in [3.63, 3.8) is 0 Å². The van der Waals surface area contributed by atoms with E-state index < -0.39 is 0 Å². The van der Waals surface area contributed by atoms with E-state index >= 15 is 0 Å². The molecule has 0 aliphatic heterocycles. The molecule has 0 nitrogen and oxygen atoms in total. The summed E-state index contributed by atoms with van der Waals surface area (Å²) in [5.74, 6) is 5.34. The van der Waals surface area contributed by atoms with E-state index in [4.69, 9.17) is 0 Å². The second kappa shape index (κ2) is 10.6. The van der Waals surface area contributed by atoms with Gasteiger partial charge in [-0.15, -0.1) is 0 Å². The van der Waals surface area contributed by atoms with Crippen molar-refractivity contribution in [2.75, 3.05) is 0 Å². The Morgan fingerprint density at radius 2 is 1.10 bits per heavy atom. The Morgan fingerprint density at radius 3 is 1.67 bits per heavy atom. The first-order valence-electron chi connectivity index (χ1n) is 13.3. The molecule has 1 aromatic carbocycles. The van der Waals surface area contributed by atoms with Crippen LogP contribution in [0.15, 0.2) is 18.2 Å². The van der Waals surface area contributed by atoms with Crippen LogP contribution in [0.2, 0.25) is 0 Å². The van der Waals surface area contributed by atoms with Gasteiger partial charge in [0.25, 0.3) is 0 Å². The van der Waals surface area contributed by atoms with E-state index in [0.29, 0.717) is 5.92 Å². The highest BCUT2D eigenvalue weighted by atomic mass is 19.1. The largest absolute Gasteiger partial charge is 0.207 e. The maximum absolute atomic E-state index is 14.8. The molecule has 0 aromatic heterocycles. The van der Waals surface area contributed by atoms with Gasteiger partial charge >= 0.3 is 0 Å². The average Bonchev–Trinajstić information content (AvgIpc) is 2.75. The highest BCUT2D eigenvalue weighted by Crippen LogP contribution is 2.39. The molecule has 0 atom stereocenters. The van der Waals surface area contributed by atoms with Crippen LogP contribution in [0.5, 0.6) is 0 Å². The third-order valence-corrected chi connectivity index (χ3v) is 9.05. The molecule has 3 fully saturated rings. The fraction of sp³-hybridized carbons (Fsp3) is 0.793. The summed E-state index contributed by atoms with van der Waals surface area (Å²) in [4.78, 5) is 0. The molecular weight excluding hydrogens is 367 g/mol. The van der Waals surface area contributed by atoms with Crippen molar-refractivity contribution < 1.29 is 4.39 Å². The summed E-state index contributed by atoms with van der Waals surface area (Å²) < 4.78 is 14.8. The van der Waals surface area contributed by atoms with Gasteiger partial charge < -0.3 is 0 Å². The summed E-state index contributed by atoms with van der Waals surface area (Å²) in [7, 11) is 0. The Balaban J connectivity index is 1.21. The molecule has 4 rings (SSSR count). The summed E-state index contributed by atoms with van der Waals surface area (Å²) in [6.45, 7) is 4.79. The Bertz CT molecular complexity index is 640. The van der Waals surface area contributed by atoms with Gasteiger partial charge in [0.1, 0.15) is 5.82 Å². The normalized spacial score (nSPS) is 35.3. The van der Waals surface area contributed by atoms with Gasteiger partial charge in [-0.05, 0) is 97.6 Å². The van der Waals surface area contributed by atoms with E-state index in [9.17, 15) is 4.39 Å². The molecule has 1 aromatic rings. The van der Waals surface area contributed by atoms with Crippen LogP contribution in [-0.4, -0.2) is 0 Å². The lowest BCUT2D eigenvalue weighted by molar-refractivity contribution is 0.195. The van der Waals surface area contributed by atoms with Crippen molar-refractivity contribution in [1.29, 1.82) is 0 Å². The van der Waals surface area contributed by atoms with E-state index in [1.807, 2.05) is 6.07 Å². The van der Waals surface area contributed by atoms with Gasteiger partial charge in [-0.1, -0.05) is 77.3 Å². The highest BCUT2D eigenvalue weighted by molar-refractivity contribution is 5.25. The molecule has 0 spiro atoms. The standard InChI is InChI=1S/C29H45F/c1-21-3-7-23(8-4-21)17-25-11-13-26(14-12-25)19-28-16-15-27(20-29(28)30)18-24-9-5-22(2)6-10-24/h15-16,20-26H,3-14,17-19H2,1-2H3. The van der Waals surface area contributed by atoms with Gasteiger partial charge in [-0.2, -0.15) is 0 Å². The van der Waals surface area contributed by atoms with Crippen LogP contribution in [-0.2, 0) is 12.8 Å². The summed E-state index contributed by atoms with van der Waals surface area (Å²) in [6.07, 6.45) is 20.1. The first-order valence-corrected chi connectivity index (χ1v) is 13.3. The molecule has 0 unspecified atom stereocenters. The summed E-state index contributed by atoms with van der Waals surface area (Å²) in [6, 6.07) is 6.21. The van der Waals surface area contributed by atoms with Gasteiger partial charge in [-0.25, -0.2) is 4.39 Å². The lowest BCUT2D eigenvalue weighted by Gasteiger charge is -2.33. The minimum atomic E-state index is 0.0649. The molecule has 3 aliphatic rings. The van der Waals surface area contributed by atoms with Crippen LogP contribution in [0, 0.1) is 41.3 Å². The van der Waals surface area contributed by atoms with Gasteiger partial charge in [0.05, 0.1) is 0 Å². The second-order valence-corrected chi connectivity index (χ2v) is 11.7. The molecule has 0 saturated heterocycles. The van der Waals surface area contributed by atoms with E-state index in [-0.39, 0.29) is 5.82 Å². The quantitative estimate of drug-likeness (QED) is 0.438. The average molecular weight is 413 g/mol. The van der Waals surface area contributed by atoms with Crippen molar-refractivity contribution in [3.8, 4) is 0 Å². The molecule has 168 valence electrons. The highest BCUT2D eigenvalue weighted by Gasteiger charge is 2.26. The molecule has 3 saturated carbocycles. The van der Waals surface area contributed by atoms with E-state index in [1.165, 1.54) is 89.0 Å². The molecule has 0 radical (unpaired) electrons. The second-order valence-electron chi connectivity index (χ2n) is 11.7. The van der Waals surface area contributed by atoms with Crippen LogP contribution in [0.1, 0.15) is 108 Å². The Morgan fingerprint density at radius 1 is 0.633 bits per heavy atom. The smallest absolute Gasteiger partial charge is 0.126 e. The maximum Gasteiger partial charge on any atom is 0.126 e. The first kappa shape index (κ1) is 22.3. The number of hydrogen-bond donors (Lipinski definition) is 0. The SMILES string of the molecule is CC1CCC(Cc2ccc(CC3CCC(CC4CCC(C)CC4)CC3)c(F)c2)CC1. The van der Waals surface area contributed by atoms with E-state index in [2.05, 4.69) is 26.0 Å². The van der Waals surface area contributed by atoms with Crippen molar-refractivity contribution in [2.24, 2.45) is 35.5 Å². The van der Waals surface area contributed by atoms with Gasteiger partial charge in [0.2, 0.25) is 0 Å². The van der Waals surface area contributed by atoms with Crippen LogP contribution >= 0.6 is 0 Å². The predicted molar refractivity (Wildman–Crippen MR) is 126 cm³/mol. The molecule has 0 bridgehead atoms. The topological polar surface area (TPSA) is 0 Å². The van der Waals surface area contributed by atoms with Gasteiger partial charge in [0.15, 0.2) is 0 Å². The molecule has 1 heteroatoms. The fourth-order valence-electron chi connectivity index (χ4n) is 6.77. The lowest BCUT2D eigenvalue weighted by Crippen LogP contribution is -2.21. The summed E-state index contributed by atoms with van der Waals surface area (Å²) in [5.41, 5.74) is 2.20. The third-order valence-electron chi connectivity index (χ3n) is 9.05. The Kier molecular flexibility index (Phi) is 7.93. The van der Waals surface area contributed by atoms with E-state index in [1.54, 1.807) is 0 Å². The lowest BCUT2D eigenvalue weighted by atomic mass is 9.72. The third kappa shape index (κ3) is 6.33. The fourth-order valence-corrected chi connectivity index (χ4v) is 6.77. The van der Waals surface area contributed by atoms with Gasteiger partial charge in [0, 0.05) is 0 Å². The number of benzene rings is 1. The predicted octanol–water partition coefficient (Wildman–Crippen LogP) is 8.76. The number of rotatable bonds is 6. The molecule has 30 heavy (non-hydrogen) atoms. The molecule has 0 N–H and O–H groups in total. The summed E-state index contributed by atoms with van der Waals surface area (Å²) >= 11 is 0. The molecular formula is C29H45F. The zero-order valence-corrected chi connectivity index (χ0v) is 19.7. The van der Waals surface area contributed by atoms with Crippen molar-refractivity contribution in [3.05, 3.63) is 35.1 Å². The monoisotopic (exact) mass is 412 g/mol. The van der Waals surface area contributed by atoms with E-state index in [0.717, 1.165) is 48.0 Å². The first-order chi connectivity index (χ1) is 14.5. The van der Waals surface area contributed by atoms with Crippen LogP contribution in [0.25, 0.3) is 0 Å². The van der Waals surface area contributed by atoms with Gasteiger partial charge in [-0.3, -0.25) is 0 Å². The van der Waals surface area contributed by atoms with Crippen LogP contribution in [0.4, 0.5) is 4.39 Å². The van der Waals surface area contributed by atoms with Crippen LogP contribution in [0.3, 0.4) is 0 Å². The van der Waals surface area contributed by atoms with Crippen molar-refractivity contribution >= 4 is 0 Å². The number of hydrogen-bond acceptors (Lipinski definition) is 0. The Hall–Kier alpha value is -0.850. The molecule has 0 amide bonds. The summed E-state index contributed by atoms with van der Waals surface area (Å²) in [5, 5.41) is 0. The van der Waals surface area contributed by atoms with Crippen molar-refractivity contribution in [1.82, 2.24) is 0 Å². The minimum Gasteiger partial charge on any atom is -0.207 e.